The van der Waals surface area contributed by atoms with Crippen LogP contribution in [0.1, 0.15) is 17.3 Å². The zero-order valence-corrected chi connectivity index (χ0v) is 12.9. The molecule has 0 saturated carbocycles. The van der Waals surface area contributed by atoms with E-state index in [4.69, 9.17) is 9.47 Å². The first-order chi connectivity index (χ1) is 10.4. The summed E-state index contributed by atoms with van der Waals surface area (Å²) in [4.78, 5) is 36.0. The fraction of sp³-hybridized carbons (Fsp3) is 0.400. The van der Waals surface area contributed by atoms with Crippen molar-refractivity contribution < 1.29 is 23.9 Å². The summed E-state index contributed by atoms with van der Waals surface area (Å²) < 4.78 is 9.59. The first kappa shape index (κ1) is 17.6. The Morgan fingerprint density at radius 1 is 1.09 bits per heavy atom. The minimum absolute atomic E-state index is 0.122. The molecule has 7 heteroatoms. The number of carbonyl (C=O) groups is 3. The van der Waals surface area contributed by atoms with Crippen LogP contribution < -0.4 is 5.32 Å². The molecule has 1 aromatic carbocycles. The Hall–Kier alpha value is -2.41. The van der Waals surface area contributed by atoms with Crippen LogP contribution in [-0.4, -0.2) is 56.6 Å². The van der Waals surface area contributed by atoms with Gasteiger partial charge in [-0.15, -0.1) is 0 Å². The average Bonchev–Trinajstić information content (AvgIpc) is 2.50. The summed E-state index contributed by atoms with van der Waals surface area (Å²) in [5.41, 5.74) is 1.03. The molecule has 0 aliphatic rings. The summed E-state index contributed by atoms with van der Waals surface area (Å²) in [6.45, 7) is 1.60. The zero-order chi connectivity index (χ0) is 16.5. The zero-order valence-electron chi connectivity index (χ0n) is 12.9. The van der Waals surface area contributed by atoms with Gasteiger partial charge >= 0.3 is 5.97 Å². The molecule has 0 aliphatic heterocycles. The Bertz CT molecular complexity index is 525. The van der Waals surface area contributed by atoms with Crippen LogP contribution in [0.15, 0.2) is 24.3 Å². The third kappa shape index (κ3) is 5.92. The second-order valence-corrected chi connectivity index (χ2v) is 4.62. The molecule has 0 heterocycles. The molecule has 2 amide bonds. The van der Waals surface area contributed by atoms with E-state index in [0.29, 0.717) is 17.9 Å². The molecule has 0 fully saturated rings. The molecule has 0 unspecified atom stereocenters. The lowest BCUT2D eigenvalue weighted by molar-refractivity contribution is -0.151. The molecule has 0 bridgehead atoms. The van der Waals surface area contributed by atoms with Gasteiger partial charge in [-0.05, 0) is 31.2 Å². The standard InChI is InChI=1S/C15H20N2O5/c1-4-21-10-14(19)22-9-13(18)16-12-7-5-11(6-8-12)15(20)17(2)3/h5-8H,4,9-10H2,1-3H3,(H,16,18). The van der Waals surface area contributed by atoms with Crippen LogP contribution in [0, 0.1) is 0 Å². The molecular formula is C15H20N2O5. The van der Waals surface area contributed by atoms with Gasteiger partial charge in [0.1, 0.15) is 6.61 Å². The molecular weight excluding hydrogens is 288 g/mol. The maximum atomic E-state index is 11.7. The van der Waals surface area contributed by atoms with Crippen molar-refractivity contribution in [3.05, 3.63) is 29.8 Å². The molecule has 7 nitrogen and oxygen atoms in total. The Morgan fingerprint density at radius 3 is 2.27 bits per heavy atom. The van der Waals surface area contributed by atoms with Gasteiger partial charge in [-0.1, -0.05) is 0 Å². The van der Waals surface area contributed by atoms with E-state index in [-0.39, 0.29) is 19.1 Å². The molecule has 0 spiro atoms. The van der Waals surface area contributed by atoms with Gasteiger partial charge < -0.3 is 19.7 Å². The van der Waals surface area contributed by atoms with Crippen molar-refractivity contribution in [3.8, 4) is 0 Å². The second kappa shape index (κ2) is 8.78. The molecule has 0 aromatic heterocycles. The average molecular weight is 308 g/mol. The number of amides is 2. The van der Waals surface area contributed by atoms with E-state index in [9.17, 15) is 14.4 Å². The van der Waals surface area contributed by atoms with E-state index in [2.05, 4.69) is 5.32 Å². The molecule has 1 N–H and O–H groups in total. The van der Waals surface area contributed by atoms with Crippen LogP contribution in [-0.2, 0) is 19.1 Å². The fourth-order valence-electron chi connectivity index (χ4n) is 1.52. The number of carbonyl (C=O) groups excluding carboxylic acids is 3. The Morgan fingerprint density at radius 2 is 1.73 bits per heavy atom. The van der Waals surface area contributed by atoms with Gasteiger partial charge in [0.05, 0.1) is 0 Å². The predicted molar refractivity (Wildman–Crippen MR) is 80.5 cm³/mol. The highest BCUT2D eigenvalue weighted by molar-refractivity contribution is 5.96. The Balaban J connectivity index is 2.45. The predicted octanol–water partition coefficient (Wildman–Crippen LogP) is 0.907. The summed E-state index contributed by atoms with van der Waals surface area (Å²) >= 11 is 0. The lowest BCUT2D eigenvalue weighted by Crippen LogP contribution is -2.23. The third-order valence-corrected chi connectivity index (χ3v) is 2.61. The van der Waals surface area contributed by atoms with Crippen LogP contribution >= 0.6 is 0 Å². The van der Waals surface area contributed by atoms with Crippen LogP contribution in [0.4, 0.5) is 5.69 Å². The maximum absolute atomic E-state index is 11.7. The normalized spacial score (nSPS) is 9.95. The lowest BCUT2D eigenvalue weighted by Gasteiger charge is -2.11. The summed E-state index contributed by atoms with van der Waals surface area (Å²) in [6.07, 6.45) is 0. The number of nitrogens with zero attached hydrogens (tertiary/aromatic N) is 1. The Kier molecular flexibility index (Phi) is 7.04. The van der Waals surface area contributed by atoms with Crippen molar-refractivity contribution >= 4 is 23.5 Å². The highest BCUT2D eigenvalue weighted by Crippen LogP contribution is 2.10. The number of ether oxygens (including phenoxy) is 2. The van der Waals surface area contributed by atoms with Gasteiger partial charge in [0.15, 0.2) is 6.61 Å². The molecule has 0 saturated heterocycles. The van der Waals surface area contributed by atoms with E-state index >= 15 is 0 Å². The van der Waals surface area contributed by atoms with Gasteiger partial charge in [0, 0.05) is 32.0 Å². The third-order valence-electron chi connectivity index (χ3n) is 2.61. The van der Waals surface area contributed by atoms with Crippen molar-refractivity contribution in [3.63, 3.8) is 0 Å². The number of benzene rings is 1. The number of hydrogen-bond acceptors (Lipinski definition) is 5. The van der Waals surface area contributed by atoms with Crippen molar-refractivity contribution in [1.29, 1.82) is 0 Å². The van der Waals surface area contributed by atoms with Crippen molar-refractivity contribution in [1.82, 2.24) is 4.90 Å². The van der Waals surface area contributed by atoms with Gasteiger partial charge in [-0.25, -0.2) is 4.79 Å². The van der Waals surface area contributed by atoms with Gasteiger partial charge in [0.2, 0.25) is 0 Å². The van der Waals surface area contributed by atoms with E-state index in [1.807, 2.05) is 0 Å². The lowest BCUT2D eigenvalue weighted by atomic mass is 10.2. The minimum atomic E-state index is -0.594. The second-order valence-electron chi connectivity index (χ2n) is 4.62. The number of nitrogens with one attached hydrogen (secondary N) is 1. The molecule has 22 heavy (non-hydrogen) atoms. The quantitative estimate of drug-likeness (QED) is 0.757. The first-order valence-corrected chi connectivity index (χ1v) is 6.79. The molecule has 0 radical (unpaired) electrons. The van der Waals surface area contributed by atoms with Gasteiger partial charge in [-0.2, -0.15) is 0 Å². The van der Waals surface area contributed by atoms with Crippen molar-refractivity contribution in [2.75, 3.05) is 39.2 Å². The van der Waals surface area contributed by atoms with Crippen molar-refractivity contribution in [2.24, 2.45) is 0 Å². The number of anilines is 1. The van der Waals surface area contributed by atoms with Crippen molar-refractivity contribution in [2.45, 2.75) is 6.92 Å². The molecule has 0 aliphatic carbocycles. The number of esters is 1. The fourth-order valence-corrected chi connectivity index (χ4v) is 1.52. The summed E-state index contributed by atoms with van der Waals surface area (Å²) in [5.74, 6) is -1.18. The SMILES string of the molecule is CCOCC(=O)OCC(=O)Nc1ccc(C(=O)N(C)C)cc1. The molecule has 120 valence electrons. The molecule has 1 aromatic rings. The largest absolute Gasteiger partial charge is 0.454 e. The molecule has 1 rings (SSSR count). The van der Waals surface area contributed by atoms with E-state index < -0.39 is 11.9 Å². The van der Waals surface area contributed by atoms with Crippen LogP contribution in [0.25, 0.3) is 0 Å². The van der Waals surface area contributed by atoms with Gasteiger partial charge in [-0.3, -0.25) is 9.59 Å². The number of hydrogen-bond donors (Lipinski definition) is 1. The van der Waals surface area contributed by atoms with E-state index in [1.165, 1.54) is 4.90 Å². The maximum Gasteiger partial charge on any atom is 0.332 e. The first-order valence-electron chi connectivity index (χ1n) is 6.79. The topological polar surface area (TPSA) is 84.9 Å². The van der Waals surface area contributed by atoms with Crippen LogP contribution in [0.3, 0.4) is 0 Å². The van der Waals surface area contributed by atoms with Gasteiger partial charge in [0.25, 0.3) is 11.8 Å². The van der Waals surface area contributed by atoms with Crippen LogP contribution in [0.5, 0.6) is 0 Å². The highest BCUT2D eigenvalue weighted by Gasteiger charge is 2.10. The highest BCUT2D eigenvalue weighted by atomic mass is 16.6. The minimum Gasteiger partial charge on any atom is -0.454 e. The van der Waals surface area contributed by atoms with E-state index in [1.54, 1.807) is 45.3 Å². The molecule has 0 atom stereocenters. The smallest absolute Gasteiger partial charge is 0.332 e. The summed E-state index contributed by atoms with van der Waals surface area (Å²) in [6, 6.07) is 6.44. The summed E-state index contributed by atoms with van der Waals surface area (Å²) in [5, 5.41) is 2.57. The summed E-state index contributed by atoms with van der Waals surface area (Å²) in [7, 11) is 3.32. The van der Waals surface area contributed by atoms with E-state index in [0.717, 1.165) is 0 Å². The number of rotatable bonds is 7. The van der Waals surface area contributed by atoms with Crippen LogP contribution in [0.2, 0.25) is 0 Å². The monoisotopic (exact) mass is 308 g/mol. The Labute approximate surface area is 129 Å².